The molecule has 0 aliphatic carbocycles. The van der Waals surface area contributed by atoms with E-state index in [1.165, 1.54) is 23.7 Å². The standard InChI is InChI=1S/C29H26F2N6O4/c1-3-41-28(39)29(2,17-40-16-18-9-5-4-6-10-18)24-27(38)33-25(35-34-24)23-21-13-20(30)14-32-26(21)37(36-23)15-19-11-7-8-12-22(19)31/h4-14H,3,15-17H2,1-2H3,(H,33,35,38). The molecular formula is C29H26F2N6O4. The van der Waals surface area contributed by atoms with Gasteiger partial charge < -0.3 is 14.5 Å². The number of halogens is 2. The second kappa shape index (κ2) is 11.7. The van der Waals surface area contributed by atoms with E-state index in [0.717, 1.165) is 11.8 Å². The lowest BCUT2D eigenvalue weighted by Gasteiger charge is -2.25. The van der Waals surface area contributed by atoms with Gasteiger partial charge in [-0.25, -0.2) is 18.4 Å². The van der Waals surface area contributed by atoms with E-state index in [1.54, 1.807) is 25.1 Å². The summed E-state index contributed by atoms with van der Waals surface area (Å²) < 4.78 is 41.0. The Kier molecular flexibility index (Phi) is 7.92. The van der Waals surface area contributed by atoms with Crippen LogP contribution < -0.4 is 5.56 Å². The zero-order valence-electron chi connectivity index (χ0n) is 22.3. The summed E-state index contributed by atoms with van der Waals surface area (Å²) in [7, 11) is 0. The lowest BCUT2D eigenvalue weighted by Crippen LogP contribution is -2.44. The minimum Gasteiger partial charge on any atom is -0.465 e. The van der Waals surface area contributed by atoms with Gasteiger partial charge in [-0.05, 0) is 31.5 Å². The molecule has 0 fully saturated rings. The summed E-state index contributed by atoms with van der Waals surface area (Å²) >= 11 is 0. The number of H-pyrrole nitrogens is 1. The molecule has 5 aromatic rings. The zero-order valence-corrected chi connectivity index (χ0v) is 22.3. The van der Waals surface area contributed by atoms with E-state index in [1.807, 2.05) is 30.3 Å². The molecule has 210 valence electrons. The third-order valence-corrected chi connectivity index (χ3v) is 6.50. The van der Waals surface area contributed by atoms with Gasteiger partial charge >= 0.3 is 5.97 Å². The van der Waals surface area contributed by atoms with Crippen LogP contribution in [0.25, 0.3) is 22.6 Å². The number of hydrogen-bond donors (Lipinski definition) is 1. The van der Waals surface area contributed by atoms with Crippen LogP contribution in [-0.4, -0.2) is 49.1 Å². The summed E-state index contributed by atoms with van der Waals surface area (Å²) in [6.07, 6.45) is 1.02. The van der Waals surface area contributed by atoms with Crippen LogP contribution >= 0.6 is 0 Å². The third-order valence-electron chi connectivity index (χ3n) is 6.50. The summed E-state index contributed by atoms with van der Waals surface area (Å²) in [6, 6.07) is 16.7. The molecule has 2 aromatic carbocycles. The van der Waals surface area contributed by atoms with Gasteiger partial charge in [-0.15, -0.1) is 10.2 Å². The van der Waals surface area contributed by atoms with Crippen LogP contribution in [0.2, 0.25) is 0 Å². The summed E-state index contributed by atoms with van der Waals surface area (Å²) in [4.78, 5) is 33.1. The molecule has 1 atom stereocenters. The van der Waals surface area contributed by atoms with Crippen LogP contribution in [0, 0.1) is 11.6 Å². The van der Waals surface area contributed by atoms with Gasteiger partial charge in [-0.2, -0.15) is 5.10 Å². The average molecular weight is 561 g/mol. The number of hydrogen-bond acceptors (Lipinski definition) is 8. The molecule has 0 aliphatic rings. The molecule has 0 spiro atoms. The van der Waals surface area contributed by atoms with Crippen molar-refractivity contribution in [2.24, 2.45) is 0 Å². The highest BCUT2D eigenvalue weighted by Gasteiger charge is 2.42. The molecule has 3 heterocycles. The first kappa shape index (κ1) is 27.7. The Hall–Kier alpha value is -4.84. The van der Waals surface area contributed by atoms with Gasteiger partial charge in [0.25, 0.3) is 5.56 Å². The normalized spacial score (nSPS) is 12.8. The largest absolute Gasteiger partial charge is 0.465 e. The number of pyridine rings is 1. The van der Waals surface area contributed by atoms with Crippen molar-refractivity contribution in [3.8, 4) is 11.5 Å². The van der Waals surface area contributed by atoms with Crippen LogP contribution in [0.5, 0.6) is 0 Å². The zero-order chi connectivity index (χ0) is 29.0. The number of ether oxygens (including phenoxy) is 2. The maximum Gasteiger partial charge on any atom is 0.320 e. The molecule has 5 rings (SSSR count). The average Bonchev–Trinajstić information content (AvgIpc) is 3.32. The summed E-state index contributed by atoms with van der Waals surface area (Å²) in [6.45, 7) is 3.22. The summed E-state index contributed by atoms with van der Waals surface area (Å²) in [5.74, 6) is -1.86. The Morgan fingerprint density at radius 1 is 1.07 bits per heavy atom. The molecule has 0 radical (unpaired) electrons. The second-order valence-electron chi connectivity index (χ2n) is 9.50. The first-order valence-corrected chi connectivity index (χ1v) is 12.8. The molecule has 1 unspecified atom stereocenters. The fraction of sp³-hybridized carbons (Fsp3) is 0.241. The van der Waals surface area contributed by atoms with Crippen molar-refractivity contribution in [1.82, 2.24) is 29.9 Å². The van der Waals surface area contributed by atoms with Gasteiger partial charge in [0.05, 0.1) is 37.9 Å². The predicted octanol–water partition coefficient (Wildman–Crippen LogP) is 3.94. The van der Waals surface area contributed by atoms with Crippen LogP contribution in [0.4, 0.5) is 8.78 Å². The molecule has 0 saturated heterocycles. The molecule has 12 heteroatoms. The maximum atomic E-state index is 14.3. The highest BCUT2D eigenvalue weighted by atomic mass is 19.1. The van der Waals surface area contributed by atoms with Gasteiger partial charge in [-0.3, -0.25) is 9.59 Å². The lowest BCUT2D eigenvalue weighted by atomic mass is 9.88. The molecule has 10 nitrogen and oxygen atoms in total. The van der Waals surface area contributed by atoms with E-state index >= 15 is 0 Å². The number of aromatic nitrogens is 6. The monoisotopic (exact) mass is 560 g/mol. The van der Waals surface area contributed by atoms with Crippen molar-refractivity contribution in [1.29, 1.82) is 0 Å². The molecular weight excluding hydrogens is 534 g/mol. The van der Waals surface area contributed by atoms with E-state index in [9.17, 15) is 18.4 Å². The van der Waals surface area contributed by atoms with Crippen molar-refractivity contribution in [3.63, 3.8) is 0 Å². The SMILES string of the molecule is CCOC(=O)C(C)(COCc1ccccc1)c1nnc(-c2nn(Cc3ccccc3F)c3ncc(F)cc23)[nH]c1=O. The maximum absolute atomic E-state index is 14.3. The Bertz CT molecular complexity index is 1760. The number of aromatic amines is 1. The highest BCUT2D eigenvalue weighted by Crippen LogP contribution is 2.27. The number of nitrogens with zero attached hydrogens (tertiary/aromatic N) is 5. The van der Waals surface area contributed by atoms with Crippen LogP contribution in [-0.2, 0) is 32.8 Å². The topological polar surface area (TPSA) is 125 Å². The number of carbonyl (C=O) groups is 1. The van der Waals surface area contributed by atoms with Gasteiger partial charge in [0.15, 0.2) is 11.5 Å². The lowest BCUT2D eigenvalue weighted by molar-refractivity contribution is -0.152. The van der Waals surface area contributed by atoms with Crippen molar-refractivity contribution in [3.05, 3.63) is 106 Å². The molecule has 1 N–H and O–H groups in total. The number of esters is 1. The van der Waals surface area contributed by atoms with E-state index in [0.29, 0.717) is 5.56 Å². The van der Waals surface area contributed by atoms with Gasteiger partial charge in [0.2, 0.25) is 0 Å². The molecule has 0 saturated carbocycles. The number of benzene rings is 2. The number of rotatable bonds is 10. The number of nitrogens with one attached hydrogen (secondary N) is 1. The summed E-state index contributed by atoms with van der Waals surface area (Å²) in [5, 5.41) is 12.9. The van der Waals surface area contributed by atoms with Crippen LogP contribution in [0.15, 0.2) is 71.7 Å². The summed E-state index contributed by atoms with van der Waals surface area (Å²) in [5.41, 5.74) is -0.969. The van der Waals surface area contributed by atoms with E-state index in [2.05, 4.69) is 25.3 Å². The molecule has 0 aliphatic heterocycles. The minimum absolute atomic E-state index is 0.00275. The predicted molar refractivity (Wildman–Crippen MR) is 145 cm³/mol. The quantitative estimate of drug-likeness (QED) is 0.255. The molecule has 41 heavy (non-hydrogen) atoms. The highest BCUT2D eigenvalue weighted by molar-refractivity contribution is 5.89. The Balaban J connectivity index is 1.51. The van der Waals surface area contributed by atoms with E-state index < -0.39 is 28.6 Å². The molecule has 0 bridgehead atoms. The number of carbonyl (C=O) groups excluding carboxylic acids is 1. The first-order valence-electron chi connectivity index (χ1n) is 12.8. The van der Waals surface area contributed by atoms with E-state index in [4.69, 9.17) is 9.47 Å². The van der Waals surface area contributed by atoms with Crippen LogP contribution in [0.3, 0.4) is 0 Å². The third kappa shape index (κ3) is 5.73. The Morgan fingerprint density at radius 3 is 2.56 bits per heavy atom. The molecule has 3 aromatic heterocycles. The Labute approximate surface area is 233 Å². The fourth-order valence-corrected chi connectivity index (χ4v) is 4.37. The molecule has 0 amide bonds. The van der Waals surface area contributed by atoms with Gasteiger partial charge in [0.1, 0.15) is 28.4 Å². The fourth-order valence-electron chi connectivity index (χ4n) is 4.37. The number of fused-ring (bicyclic) bond motifs is 1. The van der Waals surface area contributed by atoms with Crippen molar-refractivity contribution < 1.29 is 23.0 Å². The smallest absolute Gasteiger partial charge is 0.320 e. The second-order valence-corrected chi connectivity index (χ2v) is 9.50. The van der Waals surface area contributed by atoms with Crippen LogP contribution in [0.1, 0.15) is 30.7 Å². The minimum atomic E-state index is -1.58. The van der Waals surface area contributed by atoms with Crippen molar-refractivity contribution in [2.45, 2.75) is 32.4 Å². The van der Waals surface area contributed by atoms with Crippen molar-refractivity contribution in [2.75, 3.05) is 13.2 Å². The Morgan fingerprint density at radius 2 is 1.83 bits per heavy atom. The van der Waals surface area contributed by atoms with E-state index in [-0.39, 0.29) is 54.6 Å². The van der Waals surface area contributed by atoms with Gasteiger partial charge in [-0.1, -0.05) is 48.5 Å². The van der Waals surface area contributed by atoms with Crippen molar-refractivity contribution >= 4 is 17.0 Å². The van der Waals surface area contributed by atoms with Gasteiger partial charge in [0, 0.05) is 5.56 Å². The first-order chi connectivity index (χ1) is 19.8.